The Morgan fingerprint density at radius 1 is 1.10 bits per heavy atom. The minimum atomic E-state index is -0.219. The van der Waals surface area contributed by atoms with Gasteiger partial charge in [-0.05, 0) is 37.7 Å². The molecule has 0 unspecified atom stereocenters. The van der Waals surface area contributed by atoms with E-state index in [1.165, 1.54) is 12.1 Å². The second-order valence-corrected chi connectivity index (χ2v) is 8.19. The third-order valence-electron chi connectivity index (χ3n) is 5.64. The molecule has 1 fully saturated rings. The summed E-state index contributed by atoms with van der Waals surface area (Å²) >= 11 is 0. The van der Waals surface area contributed by atoms with Gasteiger partial charge in [0, 0.05) is 56.6 Å². The number of halogens is 1. The van der Waals surface area contributed by atoms with E-state index in [4.69, 9.17) is 9.97 Å². The SMILES string of the molecule is C[C@H](Cc1nc(Cc2cnccn2)cc(N2CC(N(C)C)C2)n1)c1ccc(F)cc1. The Bertz CT molecular complexity index is 971. The molecule has 0 saturated carbocycles. The molecule has 1 saturated heterocycles. The van der Waals surface area contributed by atoms with Gasteiger partial charge in [0.25, 0.3) is 0 Å². The van der Waals surface area contributed by atoms with Crippen molar-refractivity contribution >= 4 is 5.82 Å². The van der Waals surface area contributed by atoms with Crippen LogP contribution in [0.2, 0.25) is 0 Å². The molecule has 4 rings (SSSR count). The van der Waals surface area contributed by atoms with Gasteiger partial charge in [0.2, 0.25) is 0 Å². The van der Waals surface area contributed by atoms with Gasteiger partial charge in [0.15, 0.2) is 0 Å². The number of anilines is 1. The fourth-order valence-corrected chi connectivity index (χ4v) is 3.64. The predicted octanol–water partition coefficient (Wildman–Crippen LogP) is 3.09. The van der Waals surface area contributed by atoms with Gasteiger partial charge in [-0.15, -0.1) is 0 Å². The Kier molecular flexibility index (Phi) is 5.99. The molecule has 3 aromatic rings. The molecule has 7 heteroatoms. The first kappa shape index (κ1) is 20.3. The molecular weight excluding hydrogens is 379 g/mol. The molecule has 30 heavy (non-hydrogen) atoms. The van der Waals surface area contributed by atoms with Gasteiger partial charge in [-0.25, -0.2) is 14.4 Å². The molecule has 156 valence electrons. The molecule has 3 heterocycles. The van der Waals surface area contributed by atoms with Crippen LogP contribution in [0.25, 0.3) is 0 Å². The van der Waals surface area contributed by atoms with Gasteiger partial charge in [-0.2, -0.15) is 0 Å². The van der Waals surface area contributed by atoms with E-state index in [1.54, 1.807) is 18.6 Å². The van der Waals surface area contributed by atoms with Crippen LogP contribution in [0.3, 0.4) is 0 Å². The summed E-state index contributed by atoms with van der Waals surface area (Å²) in [5.74, 6) is 1.74. The standard InChI is InChI=1S/C23H27FN6/c1-16(17-4-6-18(24)7-5-17)10-22-27-19(11-20-13-25-8-9-26-20)12-23(28-22)30-14-21(15-30)29(2)3/h4-9,12-13,16,21H,10-11,14-15H2,1-3H3/t16-/m1/s1. The molecule has 1 aliphatic rings. The maximum atomic E-state index is 13.3. The average Bonchev–Trinajstić information content (AvgIpc) is 2.67. The fraction of sp³-hybridized carbons (Fsp3) is 0.391. The van der Waals surface area contributed by atoms with Crippen LogP contribution in [0.5, 0.6) is 0 Å². The highest BCUT2D eigenvalue weighted by Gasteiger charge is 2.30. The van der Waals surface area contributed by atoms with E-state index in [0.29, 0.717) is 18.9 Å². The van der Waals surface area contributed by atoms with Gasteiger partial charge in [-0.3, -0.25) is 9.97 Å². The number of hydrogen-bond donors (Lipinski definition) is 0. The lowest BCUT2D eigenvalue weighted by atomic mass is 9.97. The van der Waals surface area contributed by atoms with E-state index in [1.807, 2.05) is 12.1 Å². The average molecular weight is 407 g/mol. The zero-order chi connectivity index (χ0) is 21.1. The van der Waals surface area contributed by atoms with Crippen LogP contribution in [0.4, 0.5) is 10.2 Å². The molecular formula is C23H27FN6. The third kappa shape index (κ3) is 4.79. The molecule has 0 bridgehead atoms. The number of hydrogen-bond acceptors (Lipinski definition) is 6. The monoisotopic (exact) mass is 406 g/mol. The predicted molar refractivity (Wildman–Crippen MR) is 115 cm³/mol. The lowest BCUT2D eigenvalue weighted by Crippen LogP contribution is -2.57. The van der Waals surface area contributed by atoms with Crippen molar-refractivity contribution in [3.05, 3.63) is 77.5 Å². The normalized spacial score (nSPS) is 15.3. The van der Waals surface area contributed by atoms with E-state index in [0.717, 1.165) is 41.7 Å². The molecule has 6 nitrogen and oxygen atoms in total. The van der Waals surface area contributed by atoms with E-state index < -0.39 is 0 Å². The van der Waals surface area contributed by atoms with Crippen molar-refractivity contribution in [2.45, 2.75) is 31.7 Å². The zero-order valence-electron chi connectivity index (χ0n) is 17.7. The molecule has 1 aromatic carbocycles. The number of aromatic nitrogens is 4. The van der Waals surface area contributed by atoms with E-state index in [9.17, 15) is 4.39 Å². The first-order valence-corrected chi connectivity index (χ1v) is 10.3. The summed E-state index contributed by atoms with van der Waals surface area (Å²) in [6, 6.07) is 9.29. The van der Waals surface area contributed by atoms with Crippen molar-refractivity contribution in [1.82, 2.24) is 24.8 Å². The Hall–Kier alpha value is -2.93. The minimum Gasteiger partial charge on any atom is -0.353 e. The molecule has 1 aliphatic heterocycles. The summed E-state index contributed by atoms with van der Waals surface area (Å²) in [7, 11) is 4.22. The van der Waals surface area contributed by atoms with Crippen LogP contribution in [0.1, 0.15) is 35.6 Å². The van der Waals surface area contributed by atoms with Crippen molar-refractivity contribution in [3.63, 3.8) is 0 Å². The van der Waals surface area contributed by atoms with Crippen molar-refractivity contribution in [1.29, 1.82) is 0 Å². The van der Waals surface area contributed by atoms with Gasteiger partial charge >= 0.3 is 0 Å². The second kappa shape index (κ2) is 8.83. The molecule has 2 aromatic heterocycles. The fourth-order valence-electron chi connectivity index (χ4n) is 3.64. The molecule has 0 spiro atoms. The maximum absolute atomic E-state index is 13.3. The lowest BCUT2D eigenvalue weighted by Gasteiger charge is -2.43. The maximum Gasteiger partial charge on any atom is 0.132 e. The van der Waals surface area contributed by atoms with Crippen LogP contribution in [0, 0.1) is 5.82 Å². The Labute approximate surface area is 176 Å². The van der Waals surface area contributed by atoms with E-state index >= 15 is 0 Å². The summed E-state index contributed by atoms with van der Waals surface area (Å²) in [5, 5.41) is 0. The van der Waals surface area contributed by atoms with Gasteiger partial charge in [-0.1, -0.05) is 19.1 Å². The summed E-state index contributed by atoms with van der Waals surface area (Å²) in [6.45, 7) is 4.04. The van der Waals surface area contributed by atoms with E-state index in [-0.39, 0.29) is 11.7 Å². The van der Waals surface area contributed by atoms with Crippen LogP contribution in [-0.4, -0.2) is 58.1 Å². The second-order valence-electron chi connectivity index (χ2n) is 8.19. The smallest absolute Gasteiger partial charge is 0.132 e. The third-order valence-corrected chi connectivity index (χ3v) is 5.64. The molecule has 0 radical (unpaired) electrons. The minimum absolute atomic E-state index is 0.191. The highest BCUT2D eigenvalue weighted by molar-refractivity contribution is 5.44. The van der Waals surface area contributed by atoms with Gasteiger partial charge < -0.3 is 9.80 Å². The zero-order valence-corrected chi connectivity index (χ0v) is 17.7. The number of rotatable bonds is 7. The summed E-state index contributed by atoms with van der Waals surface area (Å²) < 4.78 is 13.3. The van der Waals surface area contributed by atoms with Crippen LogP contribution in [-0.2, 0) is 12.8 Å². The molecule has 0 N–H and O–H groups in total. The Morgan fingerprint density at radius 2 is 1.87 bits per heavy atom. The van der Waals surface area contributed by atoms with Crippen molar-refractivity contribution in [2.75, 3.05) is 32.1 Å². The summed E-state index contributed by atoms with van der Waals surface area (Å²) in [4.78, 5) is 22.8. The van der Waals surface area contributed by atoms with Crippen LogP contribution < -0.4 is 4.90 Å². The lowest BCUT2D eigenvalue weighted by molar-refractivity contribution is 0.246. The van der Waals surface area contributed by atoms with Gasteiger partial charge in [0.05, 0.1) is 11.4 Å². The summed E-state index contributed by atoms with van der Waals surface area (Å²) in [6.07, 6.45) is 6.46. The molecule has 0 amide bonds. The van der Waals surface area contributed by atoms with Crippen LogP contribution in [0.15, 0.2) is 48.9 Å². The molecule has 1 atom stereocenters. The molecule has 0 aliphatic carbocycles. The largest absolute Gasteiger partial charge is 0.353 e. The quantitative estimate of drug-likeness (QED) is 0.601. The van der Waals surface area contributed by atoms with Crippen molar-refractivity contribution in [3.8, 4) is 0 Å². The Morgan fingerprint density at radius 3 is 2.53 bits per heavy atom. The van der Waals surface area contributed by atoms with Crippen LogP contribution >= 0.6 is 0 Å². The highest BCUT2D eigenvalue weighted by Crippen LogP contribution is 2.25. The number of benzene rings is 1. The first-order chi connectivity index (χ1) is 14.5. The topological polar surface area (TPSA) is 58.0 Å². The Balaban J connectivity index is 1.57. The first-order valence-electron chi connectivity index (χ1n) is 10.3. The number of nitrogens with zero attached hydrogens (tertiary/aromatic N) is 6. The van der Waals surface area contributed by atoms with Crippen molar-refractivity contribution in [2.24, 2.45) is 0 Å². The van der Waals surface area contributed by atoms with Gasteiger partial charge in [0.1, 0.15) is 17.5 Å². The van der Waals surface area contributed by atoms with E-state index in [2.05, 4.69) is 46.9 Å². The summed E-state index contributed by atoms with van der Waals surface area (Å²) in [5.41, 5.74) is 2.90. The highest BCUT2D eigenvalue weighted by atomic mass is 19.1. The number of likely N-dealkylation sites (N-methyl/N-ethyl adjacent to an activating group) is 1. The van der Waals surface area contributed by atoms with Crippen molar-refractivity contribution < 1.29 is 4.39 Å².